The van der Waals surface area contributed by atoms with Crippen molar-refractivity contribution in [2.75, 3.05) is 18.0 Å². The number of anilines is 1. The molecular weight excluding hydrogens is 266 g/mol. The number of oxime groups is 1. The molecule has 1 saturated heterocycles. The van der Waals surface area contributed by atoms with Gasteiger partial charge in [0.1, 0.15) is 0 Å². The molecule has 1 fully saturated rings. The van der Waals surface area contributed by atoms with Gasteiger partial charge < -0.3 is 15.8 Å². The van der Waals surface area contributed by atoms with Crippen LogP contribution < -0.4 is 10.6 Å². The van der Waals surface area contributed by atoms with Gasteiger partial charge in [0.25, 0.3) is 0 Å². The molecule has 0 aliphatic carbocycles. The molecule has 0 spiro atoms. The van der Waals surface area contributed by atoms with E-state index in [0.29, 0.717) is 0 Å². The number of aryl methyl sites for hydroxylation is 1. The topological polar surface area (TPSA) is 87.6 Å². The van der Waals surface area contributed by atoms with Crippen LogP contribution in [0.5, 0.6) is 0 Å². The molecule has 21 heavy (non-hydrogen) atoms. The molecule has 6 heteroatoms. The van der Waals surface area contributed by atoms with Crippen LogP contribution in [-0.2, 0) is 12.8 Å². The summed E-state index contributed by atoms with van der Waals surface area (Å²) in [5.74, 6) is 0.900. The van der Waals surface area contributed by atoms with Crippen molar-refractivity contribution in [3.63, 3.8) is 0 Å². The Morgan fingerprint density at radius 3 is 2.33 bits per heavy atom. The fourth-order valence-corrected chi connectivity index (χ4v) is 2.99. The summed E-state index contributed by atoms with van der Waals surface area (Å²) in [6.07, 6.45) is 6.38. The molecule has 0 aromatic carbocycles. The van der Waals surface area contributed by atoms with Crippen LogP contribution in [-0.4, -0.2) is 34.3 Å². The first-order valence-electron chi connectivity index (χ1n) is 7.84. The van der Waals surface area contributed by atoms with Crippen LogP contribution in [0.2, 0.25) is 0 Å². The molecule has 2 rings (SSSR count). The number of nitrogens with two attached hydrogens (primary N) is 1. The number of nitrogens with zero attached hydrogens (tertiary/aromatic N) is 4. The molecule has 1 aromatic rings. The molecule has 0 saturated carbocycles. The van der Waals surface area contributed by atoms with Crippen molar-refractivity contribution < 1.29 is 5.21 Å². The van der Waals surface area contributed by atoms with Crippen LogP contribution >= 0.6 is 0 Å². The zero-order valence-corrected chi connectivity index (χ0v) is 13.0. The summed E-state index contributed by atoms with van der Waals surface area (Å²) in [4.78, 5) is 2.23. The van der Waals surface area contributed by atoms with Crippen molar-refractivity contribution in [1.29, 1.82) is 0 Å². The standard InChI is InChI=1S/C15H25N5O/c1-3-11-12(4-2)17-18-15(13(11)14(16)19-21)20-9-7-5-6-8-10-20/h21H,3-10H2,1-2H3,(H2,16,19). The molecule has 116 valence electrons. The lowest BCUT2D eigenvalue weighted by atomic mass is 10.0. The first-order valence-corrected chi connectivity index (χ1v) is 7.84. The Balaban J connectivity index is 2.53. The molecule has 0 bridgehead atoms. The van der Waals surface area contributed by atoms with E-state index in [0.717, 1.165) is 61.4 Å². The Hall–Kier alpha value is -1.85. The van der Waals surface area contributed by atoms with Crippen LogP contribution in [0.25, 0.3) is 0 Å². The molecule has 1 aromatic heterocycles. The van der Waals surface area contributed by atoms with Crippen molar-refractivity contribution in [2.45, 2.75) is 52.4 Å². The summed E-state index contributed by atoms with van der Waals surface area (Å²) in [5.41, 5.74) is 8.68. The van der Waals surface area contributed by atoms with Crippen LogP contribution in [0.4, 0.5) is 5.82 Å². The minimum absolute atomic E-state index is 0.135. The lowest BCUT2D eigenvalue weighted by Crippen LogP contribution is -2.30. The normalized spacial score (nSPS) is 16.9. The molecule has 3 N–H and O–H groups in total. The minimum atomic E-state index is 0.135. The van der Waals surface area contributed by atoms with E-state index in [1.165, 1.54) is 12.8 Å². The third-order valence-electron chi connectivity index (χ3n) is 4.10. The second kappa shape index (κ2) is 7.24. The monoisotopic (exact) mass is 291 g/mol. The second-order valence-corrected chi connectivity index (χ2v) is 5.42. The van der Waals surface area contributed by atoms with Crippen molar-refractivity contribution >= 4 is 11.7 Å². The van der Waals surface area contributed by atoms with Crippen LogP contribution in [0, 0.1) is 0 Å². The first-order chi connectivity index (χ1) is 10.2. The molecule has 0 atom stereocenters. The highest BCUT2D eigenvalue weighted by atomic mass is 16.4. The highest BCUT2D eigenvalue weighted by molar-refractivity contribution is 6.03. The molecule has 2 heterocycles. The SMILES string of the molecule is CCc1nnc(N2CCCCCC2)c(C(N)=NO)c1CC. The number of amidine groups is 1. The summed E-state index contributed by atoms with van der Waals surface area (Å²) in [5, 5.41) is 21.1. The van der Waals surface area contributed by atoms with Gasteiger partial charge in [0.15, 0.2) is 11.7 Å². The van der Waals surface area contributed by atoms with E-state index in [4.69, 9.17) is 10.9 Å². The molecule has 1 aliphatic heterocycles. The Labute approximate surface area is 126 Å². The highest BCUT2D eigenvalue weighted by Gasteiger charge is 2.22. The summed E-state index contributed by atoms with van der Waals surface area (Å²) in [6.45, 7) is 6.02. The zero-order valence-electron chi connectivity index (χ0n) is 13.0. The van der Waals surface area contributed by atoms with Gasteiger partial charge in [-0.15, -0.1) is 5.10 Å². The smallest absolute Gasteiger partial charge is 0.174 e. The van der Waals surface area contributed by atoms with E-state index < -0.39 is 0 Å². The molecule has 6 nitrogen and oxygen atoms in total. The van der Waals surface area contributed by atoms with Gasteiger partial charge in [-0.25, -0.2) is 0 Å². The second-order valence-electron chi connectivity index (χ2n) is 5.42. The Kier molecular flexibility index (Phi) is 5.36. The van der Waals surface area contributed by atoms with E-state index in [1.807, 2.05) is 6.92 Å². The van der Waals surface area contributed by atoms with E-state index in [9.17, 15) is 0 Å². The van der Waals surface area contributed by atoms with Gasteiger partial charge >= 0.3 is 0 Å². The summed E-state index contributed by atoms with van der Waals surface area (Å²) in [6, 6.07) is 0. The van der Waals surface area contributed by atoms with E-state index in [2.05, 4.69) is 27.2 Å². The Morgan fingerprint density at radius 2 is 1.81 bits per heavy atom. The lowest BCUT2D eigenvalue weighted by Gasteiger charge is -2.25. The number of hydrogen-bond donors (Lipinski definition) is 2. The molecular formula is C15H25N5O. The number of hydrogen-bond acceptors (Lipinski definition) is 5. The fourth-order valence-electron chi connectivity index (χ4n) is 2.99. The molecule has 0 unspecified atom stereocenters. The van der Waals surface area contributed by atoms with Gasteiger partial charge in [0, 0.05) is 13.1 Å². The number of aromatic nitrogens is 2. The van der Waals surface area contributed by atoms with Gasteiger partial charge in [-0.1, -0.05) is 31.8 Å². The average Bonchev–Trinajstić information content (AvgIpc) is 2.81. The molecule has 1 aliphatic rings. The van der Waals surface area contributed by atoms with Crippen LogP contribution in [0.1, 0.15) is 56.4 Å². The zero-order chi connectivity index (χ0) is 15.2. The van der Waals surface area contributed by atoms with Crippen molar-refractivity contribution in [1.82, 2.24) is 10.2 Å². The maximum Gasteiger partial charge on any atom is 0.174 e. The summed E-state index contributed by atoms with van der Waals surface area (Å²) < 4.78 is 0. The van der Waals surface area contributed by atoms with Crippen LogP contribution in [0.15, 0.2) is 5.16 Å². The van der Waals surface area contributed by atoms with Gasteiger partial charge in [0.05, 0.1) is 11.3 Å². The van der Waals surface area contributed by atoms with E-state index >= 15 is 0 Å². The first kappa shape index (κ1) is 15.5. The Morgan fingerprint density at radius 1 is 1.14 bits per heavy atom. The molecule has 0 amide bonds. The summed E-state index contributed by atoms with van der Waals surface area (Å²) >= 11 is 0. The van der Waals surface area contributed by atoms with Gasteiger partial charge in [-0.05, 0) is 31.2 Å². The van der Waals surface area contributed by atoms with Crippen molar-refractivity contribution in [3.8, 4) is 0 Å². The van der Waals surface area contributed by atoms with E-state index in [-0.39, 0.29) is 5.84 Å². The van der Waals surface area contributed by atoms with Crippen molar-refractivity contribution in [2.24, 2.45) is 10.9 Å². The average molecular weight is 291 g/mol. The largest absolute Gasteiger partial charge is 0.409 e. The quantitative estimate of drug-likeness (QED) is 0.384. The maximum absolute atomic E-state index is 9.15. The predicted octanol–water partition coefficient (Wildman–Crippen LogP) is 2.08. The van der Waals surface area contributed by atoms with E-state index in [1.54, 1.807) is 0 Å². The van der Waals surface area contributed by atoms with Gasteiger partial charge in [-0.3, -0.25) is 0 Å². The predicted molar refractivity (Wildman–Crippen MR) is 84.0 cm³/mol. The minimum Gasteiger partial charge on any atom is -0.409 e. The lowest BCUT2D eigenvalue weighted by molar-refractivity contribution is 0.318. The van der Waals surface area contributed by atoms with Gasteiger partial charge in [-0.2, -0.15) is 5.10 Å². The third kappa shape index (κ3) is 3.25. The maximum atomic E-state index is 9.15. The van der Waals surface area contributed by atoms with Crippen LogP contribution in [0.3, 0.4) is 0 Å². The summed E-state index contributed by atoms with van der Waals surface area (Å²) in [7, 11) is 0. The molecule has 0 radical (unpaired) electrons. The highest BCUT2D eigenvalue weighted by Crippen LogP contribution is 2.26. The third-order valence-corrected chi connectivity index (χ3v) is 4.10. The Bertz CT molecular complexity index is 507. The van der Waals surface area contributed by atoms with Crippen molar-refractivity contribution in [3.05, 3.63) is 16.8 Å². The van der Waals surface area contributed by atoms with Gasteiger partial charge in [0.2, 0.25) is 0 Å². The fraction of sp³-hybridized carbons (Fsp3) is 0.667. The number of rotatable bonds is 4.